The van der Waals surface area contributed by atoms with Crippen LogP contribution in [0.1, 0.15) is 35.2 Å². The van der Waals surface area contributed by atoms with Crippen LogP contribution in [0, 0.1) is 5.92 Å². The first-order valence-electron chi connectivity index (χ1n) is 10.4. The van der Waals surface area contributed by atoms with Crippen molar-refractivity contribution in [2.45, 2.75) is 31.8 Å². The van der Waals surface area contributed by atoms with Crippen molar-refractivity contribution in [2.75, 3.05) is 27.3 Å². The highest BCUT2D eigenvalue weighted by atomic mass is 16.5. The van der Waals surface area contributed by atoms with Crippen LogP contribution < -0.4 is 9.47 Å². The first-order chi connectivity index (χ1) is 14.6. The van der Waals surface area contributed by atoms with E-state index in [0.717, 1.165) is 18.4 Å². The Bertz CT molecular complexity index is 892. The van der Waals surface area contributed by atoms with E-state index in [0.29, 0.717) is 49.0 Å². The molecule has 0 saturated carbocycles. The highest BCUT2D eigenvalue weighted by Gasteiger charge is 2.42. The number of hydrogen-bond acceptors (Lipinski definition) is 4. The van der Waals surface area contributed by atoms with Gasteiger partial charge in [0, 0.05) is 37.7 Å². The van der Waals surface area contributed by atoms with Gasteiger partial charge in [-0.3, -0.25) is 9.59 Å². The Morgan fingerprint density at radius 1 is 1.03 bits per heavy atom. The van der Waals surface area contributed by atoms with E-state index in [1.165, 1.54) is 0 Å². The third-order valence-electron chi connectivity index (χ3n) is 6.17. The van der Waals surface area contributed by atoms with Gasteiger partial charge in [-0.25, -0.2) is 0 Å². The van der Waals surface area contributed by atoms with Gasteiger partial charge < -0.3 is 19.3 Å². The molecule has 0 radical (unpaired) electrons. The number of amides is 2. The van der Waals surface area contributed by atoms with Crippen molar-refractivity contribution >= 4 is 11.8 Å². The Balaban J connectivity index is 1.56. The number of rotatable bonds is 5. The van der Waals surface area contributed by atoms with Gasteiger partial charge in [-0.1, -0.05) is 30.3 Å². The topological polar surface area (TPSA) is 59.1 Å². The maximum atomic E-state index is 13.3. The summed E-state index contributed by atoms with van der Waals surface area (Å²) >= 11 is 0. The van der Waals surface area contributed by atoms with Gasteiger partial charge in [-0.05, 0) is 36.5 Å². The molecule has 2 heterocycles. The summed E-state index contributed by atoms with van der Waals surface area (Å²) in [7, 11) is 3.15. The molecular weight excluding hydrogens is 380 g/mol. The van der Waals surface area contributed by atoms with Crippen LogP contribution in [0.25, 0.3) is 0 Å². The Kier molecular flexibility index (Phi) is 5.93. The van der Waals surface area contributed by atoms with Crippen molar-refractivity contribution in [3.8, 4) is 11.5 Å². The van der Waals surface area contributed by atoms with Gasteiger partial charge in [0.1, 0.15) is 11.5 Å². The molecule has 0 unspecified atom stereocenters. The summed E-state index contributed by atoms with van der Waals surface area (Å²) < 4.78 is 10.6. The summed E-state index contributed by atoms with van der Waals surface area (Å²) in [6.45, 7) is 1.82. The largest absolute Gasteiger partial charge is 0.497 e. The molecule has 2 amide bonds. The van der Waals surface area contributed by atoms with Crippen molar-refractivity contribution < 1.29 is 19.1 Å². The van der Waals surface area contributed by atoms with Crippen molar-refractivity contribution in [3.63, 3.8) is 0 Å². The van der Waals surface area contributed by atoms with E-state index in [-0.39, 0.29) is 17.9 Å². The number of benzene rings is 2. The van der Waals surface area contributed by atoms with Crippen LogP contribution in [-0.2, 0) is 11.3 Å². The van der Waals surface area contributed by atoms with Gasteiger partial charge in [0.05, 0.1) is 20.3 Å². The second-order valence-electron chi connectivity index (χ2n) is 8.04. The van der Waals surface area contributed by atoms with E-state index in [9.17, 15) is 9.59 Å². The Morgan fingerprint density at radius 2 is 1.73 bits per heavy atom. The average Bonchev–Trinajstić information content (AvgIpc) is 3.14. The SMILES string of the molecule is COc1cc(OC)cc(C(=O)N2C[C@H]3CCCC(=O)N(Cc4ccccc4)[C@H]3C2)c1. The smallest absolute Gasteiger partial charge is 0.254 e. The molecule has 6 heteroatoms. The normalized spacial score (nSPS) is 21.2. The number of nitrogens with zero attached hydrogens (tertiary/aromatic N) is 2. The highest BCUT2D eigenvalue weighted by molar-refractivity contribution is 5.95. The molecular formula is C24H28N2O4. The third kappa shape index (κ3) is 4.13. The molecule has 2 saturated heterocycles. The number of carbonyl (C=O) groups excluding carboxylic acids is 2. The van der Waals surface area contributed by atoms with Gasteiger partial charge in [0.2, 0.25) is 5.91 Å². The van der Waals surface area contributed by atoms with Crippen LogP contribution in [0.3, 0.4) is 0 Å². The van der Waals surface area contributed by atoms with E-state index < -0.39 is 0 Å². The highest BCUT2D eigenvalue weighted by Crippen LogP contribution is 2.33. The van der Waals surface area contributed by atoms with E-state index in [1.54, 1.807) is 32.4 Å². The van der Waals surface area contributed by atoms with Crippen LogP contribution in [0.2, 0.25) is 0 Å². The van der Waals surface area contributed by atoms with Crippen molar-refractivity contribution in [1.29, 1.82) is 0 Å². The van der Waals surface area contributed by atoms with Crippen LogP contribution in [-0.4, -0.2) is 55.0 Å². The molecule has 158 valence electrons. The van der Waals surface area contributed by atoms with E-state index in [1.807, 2.05) is 40.1 Å². The van der Waals surface area contributed by atoms with Crippen molar-refractivity contribution in [3.05, 3.63) is 59.7 Å². The lowest BCUT2D eigenvalue weighted by Gasteiger charge is -2.30. The minimum Gasteiger partial charge on any atom is -0.497 e. The molecule has 0 bridgehead atoms. The van der Waals surface area contributed by atoms with Gasteiger partial charge >= 0.3 is 0 Å². The minimum absolute atomic E-state index is 0.0487. The first kappa shape index (κ1) is 20.3. The first-order valence-corrected chi connectivity index (χ1v) is 10.4. The lowest BCUT2D eigenvalue weighted by atomic mass is 9.98. The zero-order valence-electron chi connectivity index (χ0n) is 17.5. The molecule has 2 aromatic carbocycles. The Morgan fingerprint density at radius 3 is 2.40 bits per heavy atom. The summed E-state index contributed by atoms with van der Waals surface area (Å²) in [5.74, 6) is 1.62. The molecule has 2 atom stereocenters. The molecule has 2 aliphatic heterocycles. The monoisotopic (exact) mass is 408 g/mol. The maximum absolute atomic E-state index is 13.3. The second-order valence-corrected chi connectivity index (χ2v) is 8.04. The van der Waals surface area contributed by atoms with Crippen LogP contribution in [0.4, 0.5) is 0 Å². The summed E-state index contributed by atoms with van der Waals surface area (Å²) in [6, 6.07) is 15.4. The van der Waals surface area contributed by atoms with Gasteiger partial charge in [-0.2, -0.15) is 0 Å². The molecule has 0 aromatic heterocycles. The van der Waals surface area contributed by atoms with Crippen molar-refractivity contribution in [1.82, 2.24) is 9.80 Å². The van der Waals surface area contributed by atoms with E-state index >= 15 is 0 Å². The molecule has 4 rings (SSSR count). The lowest BCUT2D eigenvalue weighted by molar-refractivity contribution is -0.133. The predicted octanol–water partition coefficient (Wildman–Crippen LogP) is 3.36. The molecule has 2 aromatic rings. The molecule has 0 aliphatic carbocycles. The van der Waals surface area contributed by atoms with Crippen LogP contribution in [0.5, 0.6) is 11.5 Å². The maximum Gasteiger partial charge on any atom is 0.254 e. The quantitative estimate of drug-likeness (QED) is 0.761. The number of ether oxygens (including phenoxy) is 2. The van der Waals surface area contributed by atoms with Crippen molar-refractivity contribution in [2.24, 2.45) is 5.92 Å². The van der Waals surface area contributed by atoms with Crippen LogP contribution in [0.15, 0.2) is 48.5 Å². The zero-order chi connectivity index (χ0) is 21.1. The number of carbonyl (C=O) groups is 2. The van der Waals surface area contributed by atoms with Gasteiger partial charge in [0.25, 0.3) is 5.91 Å². The summed E-state index contributed by atoms with van der Waals surface area (Å²) in [5, 5.41) is 0. The predicted molar refractivity (Wildman–Crippen MR) is 114 cm³/mol. The molecule has 30 heavy (non-hydrogen) atoms. The zero-order valence-corrected chi connectivity index (χ0v) is 17.5. The lowest BCUT2D eigenvalue weighted by Crippen LogP contribution is -2.43. The fourth-order valence-electron chi connectivity index (χ4n) is 4.60. The summed E-state index contributed by atoms with van der Waals surface area (Å²) in [6.07, 6.45) is 2.42. The Hall–Kier alpha value is -3.02. The Labute approximate surface area is 177 Å². The van der Waals surface area contributed by atoms with Gasteiger partial charge in [-0.15, -0.1) is 0 Å². The number of fused-ring (bicyclic) bond motifs is 1. The average molecular weight is 408 g/mol. The summed E-state index contributed by atoms with van der Waals surface area (Å²) in [5.41, 5.74) is 1.66. The number of likely N-dealkylation sites (tertiary alicyclic amines) is 2. The van der Waals surface area contributed by atoms with Gasteiger partial charge in [0.15, 0.2) is 0 Å². The third-order valence-corrected chi connectivity index (χ3v) is 6.17. The van der Waals surface area contributed by atoms with E-state index in [2.05, 4.69) is 0 Å². The standard InChI is InChI=1S/C24H28N2O4/c1-29-20-11-19(12-21(13-20)30-2)24(28)25-15-18-9-6-10-23(27)26(22(18)16-25)14-17-7-4-3-5-8-17/h3-5,7-8,11-13,18,22H,6,9-10,14-16H2,1-2H3/t18-,22+/m1/s1. The molecule has 2 aliphatic rings. The van der Waals surface area contributed by atoms with E-state index in [4.69, 9.17) is 9.47 Å². The second kappa shape index (κ2) is 8.78. The minimum atomic E-state index is -0.0487. The number of hydrogen-bond donors (Lipinski definition) is 0. The van der Waals surface area contributed by atoms with Crippen LogP contribution >= 0.6 is 0 Å². The fourth-order valence-corrected chi connectivity index (χ4v) is 4.60. The molecule has 0 spiro atoms. The fraction of sp³-hybridized carbons (Fsp3) is 0.417. The molecule has 6 nitrogen and oxygen atoms in total. The summed E-state index contributed by atoms with van der Waals surface area (Å²) in [4.78, 5) is 30.0. The molecule has 0 N–H and O–H groups in total. The molecule has 2 fully saturated rings. The number of methoxy groups -OCH3 is 2.